The van der Waals surface area contributed by atoms with Gasteiger partial charge in [-0.3, -0.25) is 9.89 Å². The third-order valence-electron chi connectivity index (χ3n) is 5.51. The number of amides is 1. The summed E-state index contributed by atoms with van der Waals surface area (Å²) in [4.78, 5) is 19.2. The third kappa shape index (κ3) is 4.22. The topological polar surface area (TPSA) is 117 Å². The second kappa shape index (κ2) is 8.84. The van der Waals surface area contributed by atoms with Gasteiger partial charge in [0.15, 0.2) is 5.69 Å². The average Bonchev–Trinajstić information content (AvgIpc) is 3.29. The molecule has 1 amide bonds. The Morgan fingerprint density at radius 3 is 2.59 bits per heavy atom. The summed E-state index contributed by atoms with van der Waals surface area (Å²) in [6.07, 6.45) is 1.55. The van der Waals surface area contributed by atoms with E-state index in [1.54, 1.807) is 12.3 Å². The molecule has 11 heteroatoms. The number of H-pyrrole nitrogens is 1. The Hall–Kier alpha value is -3.83. The molecule has 1 saturated heterocycles. The molecule has 0 radical (unpaired) electrons. The number of aromatic amines is 1. The molecule has 0 aliphatic carbocycles. The third-order valence-corrected chi connectivity index (χ3v) is 7.26. The summed E-state index contributed by atoms with van der Waals surface area (Å²) < 4.78 is 44.9. The predicted molar refractivity (Wildman–Crippen MR) is 123 cm³/mol. The van der Waals surface area contributed by atoms with E-state index in [9.17, 15) is 17.6 Å². The molecule has 174 valence electrons. The molecule has 5 rings (SSSR count). The van der Waals surface area contributed by atoms with Gasteiger partial charge in [-0.05, 0) is 48.5 Å². The van der Waals surface area contributed by atoms with E-state index in [0.717, 1.165) is 25.0 Å². The minimum atomic E-state index is -3.98. The minimum absolute atomic E-state index is 0.0311. The predicted octanol–water partition coefficient (Wildman–Crippen LogP) is 3.02. The van der Waals surface area contributed by atoms with Crippen LogP contribution in [0.3, 0.4) is 0 Å². The number of morpholine rings is 1. The van der Waals surface area contributed by atoms with Gasteiger partial charge in [-0.1, -0.05) is 6.07 Å². The van der Waals surface area contributed by atoms with Crippen LogP contribution in [-0.2, 0) is 14.6 Å². The minimum Gasteiger partial charge on any atom is -0.378 e. The van der Waals surface area contributed by atoms with Crippen molar-refractivity contribution < 1.29 is 22.3 Å². The number of sulfone groups is 1. The summed E-state index contributed by atoms with van der Waals surface area (Å²) in [5, 5.41) is 9.86. The van der Waals surface area contributed by atoms with E-state index in [-0.39, 0.29) is 15.5 Å². The van der Waals surface area contributed by atoms with Crippen LogP contribution < -0.4 is 10.2 Å². The van der Waals surface area contributed by atoms with E-state index in [4.69, 9.17) is 4.74 Å². The van der Waals surface area contributed by atoms with Crippen LogP contribution in [0.15, 0.2) is 70.6 Å². The van der Waals surface area contributed by atoms with Crippen LogP contribution in [0, 0.1) is 5.82 Å². The lowest BCUT2D eigenvalue weighted by atomic mass is 10.2. The molecule has 9 nitrogen and oxygen atoms in total. The van der Waals surface area contributed by atoms with Crippen LogP contribution in [-0.4, -0.2) is 55.8 Å². The first-order valence-corrected chi connectivity index (χ1v) is 12.0. The van der Waals surface area contributed by atoms with Crippen molar-refractivity contribution in [1.29, 1.82) is 0 Å². The van der Waals surface area contributed by atoms with E-state index in [2.05, 4.69) is 25.4 Å². The standard InChI is InChI=1S/C23H20FN5O4S/c24-15-2-1-3-17(12-15)34(31,32)18-5-6-20-19(13-18)22(28-27-20)23(30)26-16-4-7-21(25-14-16)29-8-10-33-11-9-29/h1-7,12-14H,8-11H2,(H,26,30)(H,27,28). The monoisotopic (exact) mass is 481 g/mol. The Bertz CT molecular complexity index is 1460. The fourth-order valence-corrected chi connectivity index (χ4v) is 5.05. The number of carbonyl (C=O) groups is 1. The Morgan fingerprint density at radius 1 is 1.06 bits per heavy atom. The highest BCUT2D eigenvalue weighted by Gasteiger charge is 2.22. The van der Waals surface area contributed by atoms with E-state index < -0.39 is 21.6 Å². The van der Waals surface area contributed by atoms with Crippen LogP contribution in [0.5, 0.6) is 0 Å². The number of ether oxygens (including phenoxy) is 1. The maximum absolute atomic E-state index is 13.6. The number of anilines is 2. The molecule has 2 aromatic carbocycles. The zero-order chi connectivity index (χ0) is 23.7. The van der Waals surface area contributed by atoms with Gasteiger partial charge in [-0.2, -0.15) is 5.10 Å². The highest BCUT2D eigenvalue weighted by Crippen LogP contribution is 2.26. The molecule has 2 aromatic heterocycles. The van der Waals surface area contributed by atoms with Crippen molar-refractivity contribution in [3.8, 4) is 0 Å². The number of hydrogen-bond acceptors (Lipinski definition) is 7. The highest BCUT2D eigenvalue weighted by atomic mass is 32.2. The first-order chi connectivity index (χ1) is 16.4. The lowest BCUT2D eigenvalue weighted by Crippen LogP contribution is -2.36. The van der Waals surface area contributed by atoms with Crippen molar-refractivity contribution in [3.63, 3.8) is 0 Å². The van der Waals surface area contributed by atoms with Crippen LogP contribution in [0.4, 0.5) is 15.9 Å². The maximum Gasteiger partial charge on any atom is 0.276 e. The molecule has 0 atom stereocenters. The largest absolute Gasteiger partial charge is 0.378 e. The van der Waals surface area contributed by atoms with Crippen molar-refractivity contribution in [3.05, 3.63) is 72.3 Å². The van der Waals surface area contributed by atoms with Crippen molar-refractivity contribution >= 4 is 38.2 Å². The second-order valence-corrected chi connectivity index (χ2v) is 9.65. The van der Waals surface area contributed by atoms with Gasteiger partial charge in [0, 0.05) is 18.5 Å². The molecule has 3 heterocycles. The van der Waals surface area contributed by atoms with Crippen molar-refractivity contribution in [2.75, 3.05) is 36.5 Å². The lowest BCUT2D eigenvalue weighted by Gasteiger charge is -2.27. The molecule has 1 aliphatic heterocycles. The van der Waals surface area contributed by atoms with Crippen LogP contribution in [0.2, 0.25) is 0 Å². The first-order valence-electron chi connectivity index (χ1n) is 10.5. The van der Waals surface area contributed by atoms with Gasteiger partial charge in [-0.15, -0.1) is 0 Å². The van der Waals surface area contributed by atoms with Crippen LogP contribution in [0.25, 0.3) is 10.9 Å². The molecule has 0 saturated carbocycles. The Balaban J connectivity index is 1.40. The number of nitrogens with zero attached hydrogens (tertiary/aromatic N) is 3. The molecule has 0 spiro atoms. The highest BCUT2D eigenvalue weighted by molar-refractivity contribution is 7.91. The SMILES string of the molecule is O=C(Nc1ccc(N2CCOCC2)nc1)c1n[nH]c2ccc(S(=O)(=O)c3cccc(F)c3)cc12. The van der Waals surface area contributed by atoms with Crippen LogP contribution in [0.1, 0.15) is 10.5 Å². The number of halogens is 1. The zero-order valence-corrected chi connectivity index (χ0v) is 18.7. The van der Waals surface area contributed by atoms with E-state index >= 15 is 0 Å². The first kappa shape index (κ1) is 22.0. The summed E-state index contributed by atoms with van der Waals surface area (Å²) in [7, 11) is -3.98. The molecule has 4 aromatic rings. The normalized spacial score (nSPS) is 14.3. The molecule has 1 aliphatic rings. The van der Waals surface area contributed by atoms with Gasteiger partial charge in [0.2, 0.25) is 9.84 Å². The fraction of sp³-hybridized carbons (Fsp3) is 0.174. The van der Waals surface area contributed by atoms with Crippen molar-refractivity contribution in [2.24, 2.45) is 0 Å². The van der Waals surface area contributed by atoms with Gasteiger partial charge < -0.3 is 15.0 Å². The Labute approximate surface area is 194 Å². The number of fused-ring (bicyclic) bond motifs is 1. The number of aromatic nitrogens is 3. The van der Waals surface area contributed by atoms with Gasteiger partial charge in [0.25, 0.3) is 5.91 Å². The number of hydrogen-bond donors (Lipinski definition) is 2. The second-order valence-electron chi connectivity index (χ2n) is 7.70. The molecular formula is C23H20FN5O4S. The summed E-state index contributed by atoms with van der Waals surface area (Å²) in [5.74, 6) is -0.384. The summed E-state index contributed by atoms with van der Waals surface area (Å²) in [5.41, 5.74) is 0.995. The van der Waals surface area contributed by atoms with Gasteiger partial charge in [0.1, 0.15) is 11.6 Å². The molecular weight excluding hydrogens is 461 g/mol. The number of rotatable bonds is 5. The van der Waals surface area contributed by atoms with E-state index in [1.165, 1.54) is 36.4 Å². The summed E-state index contributed by atoms with van der Waals surface area (Å²) >= 11 is 0. The van der Waals surface area contributed by atoms with E-state index in [0.29, 0.717) is 29.8 Å². The maximum atomic E-state index is 13.6. The van der Waals surface area contributed by atoms with Crippen LogP contribution >= 0.6 is 0 Å². The molecule has 34 heavy (non-hydrogen) atoms. The molecule has 0 unspecified atom stereocenters. The van der Waals surface area contributed by atoms with Gasteiger partial charge >= 0.3 is 0 Å². The zero-order valence-electron chi connectivity index (χ0n) is 17.9. The molecule has 0 bridgehead atoms. The van der Waals surface area contributed by atoms with Crippen molar-refractivity contribution in [2.45, 2.75) is 9.79 Å². The number of benzene rings is 2. The number of pyridine rings is 1. The average molecular weight is 482 g/mol. The quantitative estimate of drug-likeness (QED) is 0.450. The summed E-state index contributed by atoms with van der Waals surface area (Å²) in [6.45, 7) is 2.78. The van der Waals surface area contributed by atoms with Crippen molar-refractivity contribution in [1.82, 2.24) is 15.2 Å². The number of carbonyl (C=O) groups excluding carboxylic acids is 1. The lowest BCUT2D eigenvalue weighted by molar-refractivity contribution is 0.102. The molecule has 1 fully saturated rings. The molecule has 2 N–H and O–H groups in total. The Morgan fingerprint density at radius 2 is 1.85 bits per heavy atom. The van der Waals surface area contributed by atoms with Gasteiger partial charge in [-0.25, -0.2) is 17.8 Å². The van der Waals surface area contributed by atoms with Gasteiger partial charge in [0.05, 0.1) is 40.4 Å². The fourth-order valence-electron chi connectivity index (χ4n) is 3.73. The van der Waals surface area contributed by atoms with E-state index in [1.807, 2.05) is 6.07 Å². The summed E-state index contributed by atoms with van der Waals surface area (Å²) in [6, 6.07) is 12.6. The smallest absolute Gasteiger partial charge is 0.276 e. The number of nitrogens with one attached hydrogen (secondary N) is 2. The Kier molecular flexibility index (Phi) is 5.72.